The van der Waals surface area contributed by atoms with E-state index in [1.54, 1.807) is 24.3 Å². The third kappa shape index (κ3) is 2.02. The summed E-state index contributed by atoms with van der Waals surface area (Å²) < 4.78 is 0. The maximum Gasteiger partial charge on any atom is 0.238 e. The standard InChI is InChI=1S/C26H24N2O4/c1-11-6-13-8-17(11)21-19(13)23(29)27(25(21)31)15-4-3-5-16(10-15)28-24(30)20-14-7-12(2)18(9-14)22(20)26(28)32/h3-7,10,13-14,17-22H,8-9H2,1-2H3/t13-,14+,17-,18-,19-,20-,21-,22+/m1/s1. The summed E-state index contributed by atoms with van der Waals surface area (Å²) in [6.07, 6.45) is 6.09. The Morgan fingerprint density at radius 1 is 0.656 bits per heavy atom. The molecule has 2 saturated heterocycles. The Kier molecular flexibility index (Phi) is 3.39. The van der Waals surface area contributed by atoms with Gasteiger partial charge in [0.25, 0.3) is 0 Å². The van der Waals surface area contributed by atoms with Crippen molar-refractivity contribution < 1.29 is 19.2 Å². The average Bonchev–Trinajstić information content (AvgIpc) is 3.56. The number of benzene rings is 1. The molecular weight excluding hydrogens is 404 g/mol. The van der Waals surface area contributed by atoms with Gasteiger partial charge in [-0.2, -0.15) is 0 Å². The lowest BCUT2D eigenvalue weighted by Gasteiger charge is -2.22. The van der Waals surface area contributed by atoms with E-state index < -0.39 is 0 Å². The molecule has 2 saturated carbocycles. The molecule has 2 heterocycles. The van der Waals surface area contributed by atoms with Crippen LogP contribution in [0.3, 0.4) is 0 Å². The van der Waals surface area contributed by atoms with Crippen LogP contribution in [-0.4, -0.2) is 23.6 Å². The minimum atomic E-state index is -0.279. The summed E-state index contributed by atoms with van der Waals surface area (Å²) in [5, 5.41) is 0. The number of imide groups is 2. The van der Waals surface area contributed by atoms with E-state index in [9.17, 15) is 19.2 Å². The monoisotopic (exact) mass is 428 g/mol. The van der Waals surface area contributed by atoms with Crippen LogP contribution in [0.1, 0.15) is 26.7 Å². The highest BCUT2D eigenvalue weighted by molar-refractivity contribution is 6.25. The van der Waals surface area contributed by atoms with Crippen molar-refractivity contribution in [3.8, 4) is 0 Å². The van der Waals surface area contributed by atoms with Gasteiger partial charge in [-0.3, -0.25) is 19.2 Å². The predicted octanol–water partition coefficient (Wildman–Crippen LogP) is 3.09. The molecule has 0 aromatic heterocycles. The second kappa shape index (κ2) is 5.85. The van der Waals surface area contributed by atoms with Gasteiger partial charge < -0.3 is 0 Å². The maximum atomic E-state index is 13.3. The lowest BCUT2D eigenvalue weighted by atomic mass is 9.82. The molecule has 0 spiro atoms. The van der Waals surface area contributed by atoms with Crippen molar-refractivity contribution in [1.82, 2.24) is 0 Å². The number of nitrogens with zero attached hydrogens (tertiary/aromatic N) is 2. The van der Waals surface area contributed by atoms with Crippen LogP contribution in [0.4, 0.5) is 11.4 Å². The number of hydrogen-bond donors (Lipinski definition) is 0. The molecule has 4 aliphatic carbocycles. The fraction of sp³-hybridized carbons (Fsp3) is 0.462. The Morgan fingerprint density at radius 3 is 1.50 bits per heavy atom. The molecular formula is C26H24N2O4. The second-order valence-corrected chi connectivity index (χ2v) is 10.5. The van der Waals surface area contributed by atoms with Gasteiger partial charge in [0, 0.05) is 0 Å². The third-order valence-electron chi connectivity index (χ3n) is 9.11. The molecule has 162 valence electrons. The SMILES string of the molecule is CC1=C[C@H]2C[C@H]1[C@@H]1C(=O)N(c3cccc(N4C(=O)[C@H]5[C@H](C4=O)[C@@H]4C[C@H]5C=C4C)c3)C(=O)[C@@H]12. The van der Waals surface area contributed by atoms with E-state index in [-0.39, 0.29) is 71.0 Å². The van der Waals surface area contributed by atoms with Crippen molar-refractivity contribution in [2.45, 2.75) is 26.7 Å². The Labute approximate surface area is 185 Å². The Balaban J connectivity index is 1.23. The zero-order chi connectivity index (χ0) is 22.0. The first-order valence-corrected chi connectivity index (χ1v) is 11.6. The number of rotatable bonds is 2. The first kappa shape index (κ1) is 18.5. The lowest BCUT2D eigenvalue weighted by Crippen LogP contribution is -2.35. The van der Waals surface area contributed by atoms with Crippen molar-refractivity contribution >= 4 is 35.0 Å². The number of anilines is 2. The predicted molar refractivity (Wildman–Crippen MR) is 116 cm³/mol. The number of hydrogen-bond acceptors (Lipinski definition) is 4. The number of fused-ring (bicyclic) bond motifs is 10. The summed E-state index contributed by atoms with van der Waals surface area (Å²) in [6, 6.07) is 6.84. The zero-order valence-electron chi connectivity index (χ0n) is 18.0. The van der Waals surface area contributed by atoms with Crippen LogP contribution >= 0.6 is 0 Å². The minimum Gasteiger partial charge on any atom is -0.274 e. The summed E-state index contributed by atoms with van der Waals surface area (Å²) in [7, 11) is 0. The zero-order valence-corrected chi connectivity index (χ0v) is 18.0. The summed E-state index contributed by atoms with van der Waals surface area (Å²) in [4.78, 5) is 55.7. The molecule has 2 aliphatic heterocycles. The molecule has 6 nitrogen and oxygen atoms in total. The lowest BCUT2D eigenvalue weighted by molar-refractivity contribution is -0.124. The van der Waals surface area contributed by atoms with Gasteiger partial charge in [-0.05, 0) is 68.6 Å². The van der Waals surface area contributed by atoms with Gasteiger partial charge in [-0.25, -0.2) is 9.80 Å². The molecule has 0 radical (unpaired) electrons. The van der Waals surface area contributed by atoms with E-state index in [2.05, 4.69) is 12.2 Å². The summed E-state index contributed by atoms with van der Waals surface area (Å²) in [5.74, 6) is -1.12. The van der Waals surface area contributed by atoms with Crippen molar-refractivity contribution in [1.29, 1.82) is 0 Å². The molecule has 4 amide bonds. The summed E-state index contributed by atoms with van der Waals surface area (Å²) in [5.41, 5.74) is 3.34. The van der Waals surface area contributed by atoms with Crippen LogP contribution in [0.25, 0.3) is 0 Å². The van der Waals surface area contributed by atoms with Crippen molar-refractivity contribution in [2.24, 2.45) is 47.3 Å². The highest BCUT2D eigenvalue weighted by Crippen LogP contribution is 2.57. The van der Waals surface area contributed by atoms with Crippen molar-refractivity contribution in [2.75, 3.05) is 9.80 Å². The average molecular weight is 428 g/mol. The van der Waals surface area contributed by atoms with E-state index in [0.717, 1.165) is 12.8 Å². The first-order valence-electron chi connectivity index (χ1n) is 11.6. The summed E-state index contributed by atoms with van der Waals surface area (Å²) >= 11 is 0. The van der Waals surface area contributed by atoms with Gasteiger partial charge in [0.15, 0.2) is 0 Å². The molecule has 6 aliphatic rings. The van der Waals surface area contributed by atoms with Gasteiger partial charge in [-0.15, -0.1) is 0 Å². The van der Waals surface area contributed by atoms with Crippen LogP contribution in [0.5, 0.6) is 0 Å². The van der Waals surface area contributed by atoms with Gasteiger partial charge >= 0.3 is 0 Å². The second-order valence-electron chi connectivity index (χ2n) is 10.5. The smallest absolute Gasteiger partial charge is 0.238 e. The Morgan fingerprint density at radius 2 is 1.06 bits per heavy atom. The normalized spacial score (nSPS) is 41.1. The third-order valence-corrected chi connectivity index (χ3v) is 9.11. The molecule has 4 fully saturated rings. The Hall–Kier alpha value is -3.02. The van der Waals surface area contributed by atoms with Crippen molar-refractivity contribution in [3.05, 3.63) is 47.6 Å². The Bertz CT molecular complexity index is 1120. The number of carbonyl (C=O) groups excluding carboxylic acids is 4. The van der Waals surface area contributed by atoms with Crippen LogP contribution < -0.4 is 9.80 Å². The molecule has 4 bridgehead atoms. The van der Waals surface area contributed by atoms with Gasteiger partial charge in [0.2, 0.25) is 23.6 Å². The molecule has 1 aromatic rings. The van der Waals surface area contributed by atoms with Crippen LogP contribution in [0, 0.1) is 47.3 Å². The number of allylic oxidation sites excluding steroid dienone is 4. The highest BCUT2D eigenvalue weighted by Gasteiger charge is 2.62. The molecule has 0 unspecified atom stereocenters. The van der Waals surface area contributed by atoms with Gasteiger partial charge in [0.1, 0.15) is 0 Å². The largest absolute Gasteiger partial charge is 0.274 e. The van der Waals surface area contributed by atoms with Crippen LogP contribution in [0.15, 0.2) is 47.6 Å². The van der Waals surface area contributed by atoms with Crippen molar-refractivity contribution in [3.63, 3.8) is 0 Å². The summed E-state index contributed by atoms with van der Waals surface area (Å²) in [6.45, 7) is 4.10. The maximum absolute atomic E-state index is 13.3. The quantitative estimate of drug-likeness (QED) is 0.536. The number of amides is 4. The van der Waals surface area contributed by atoms with E-state index in [0.29, 0.717) is 11.4 Å². The van der Waals surface area contributed by atoms with Gasteiger partial charge in [-0.1, -0.05) is 29.4 Å². The molecule has 1 aromatic carbocycles. The molecule has 0 N–H and O–H groups in total. The minimum absolute atomic E-state index is 0.141. The molecule has 32 heavy (non-hydrogen) atoms. The van der Waals surface area contributed by atoms with E-state index in [1.165, 1.54) is 20.9 Å². The molecule has 6 heteroatoms. The van der Waals surface area contributed by atoms with E-state index in [1.807, 2.05) is 13.8 Å². The van der Waals surface area contributed by atoms with E-state index >= 15 is 0 Å². The molecule has 8 atom stereocenters. The van der Waals surface area contributed by atoms with E-state index in [4.69, 9.17) is 0 Å². The van der Waals surface area contributed by atoms with Gasteiger partial charge in [0.05, 0.1) is 35.0 Å². The number of carbonyl (C=O) groups is 4. The van der Waals surface area contributed by atoms with Crippen LogP contribution in [-0.2, 0) is 19.2 Å². The van der Waals surface area contributed by atoms with Crippen LogP contribution in [0.2, 0.25) is 0 Å². The fourth-order valence-electron chi connectivity index (χ4n) is 7.83. The fourth-order valence-corrected chi connectivity index (χ4v) is 7.83. The first-order chi connectivity index (χ1) is 15.4. The highest BCUT2D eigenvalue weighted by atomic mass is 16.2. The molecule has 7 rings (SSSR count). The topological polar surface area (TPSA) is 74.8 Å².